The lowest BCUT2D eigenvalue weighted by Gasteiger charge is -2.03. The highest BCUT2D eigenvalue weighted by atomic mass is 32.1. The van der Waals surface area contributed by atoms with E-state index in [4.69, 9.17) is 4.42 Å². The number of carbonyl (C=O) groups is 1. The van der Waals surface area contributed by atoms with Gasteiger partial charge >= 0.3 is 0 Å². The van der Waals surface area contributed by atoms with Crippen LogP contribution in [0.2, 0.25) is 0 Å². The molecule has 1 aromatic carbocycles. The van der Waals surface area contributed by atoms with E-state index in [1.807, 2.05) is 41.2 Å². The normalized spacial score (nSPS) is 11.0. The van der Waals surface area contributed by atoms with E-state index in [2.05, 4.69) is 15.4 Å². The van der Waals surface area contributed by atoms with Crippen LogP contribution in [0.4, 0.5) is 0 Å². The number of fused-ring (bicyclic) bond motifs is 1. The molecule has 0 radical (unpaired) electrons. The number of aromatic nitrogens is 3. The van der Waals surface area contributed by atoms with Crippen molar-refractivity contribution >= 4 is 27.5 Å². The Morgan fingerprint density at radius 3 is 2.96 bits per heavy atom. The molecule has 6 nitrogen and oxygen atoms in total. The van der Waals surface area contributed by atoms with E-state index in [0.717, 1.165) is 28.2 Å². The fourth-order valence-corrected chi connectivity index (χ4v) is 3.44. The monoisotopic (exact) mass is 352 g/mol. The van der Waals surface area contributed by atoms with Gasteiger partial charge in [0.2, 0.25) is 0 Å². The van der Waals surface area contributed by atoms with E-state index in [9.17, 15) is 4.79 Å². The van der Waals surface area contributed by atoms with E-state index < -0.39 is 0 Å². The minimum atomic E-state index is -0.215. The van der Waals surface area contributed by atoms with Gasteiger partial charge in [0.25, 0.3) is 5.91 Å². The zero-order chi connectivity index (χ0) is 17.1. The van der Waals surface area contributed by atoms with E-state index in [1.54, 1.807) is 29.7 Å². The predicted molar refractivity (Wildman–Crippen MR) is 96.5 cm³/mol. The number of furan rings is 1. The first-order valence-corrected chi connectivity index (χ1v) is 8.83. The van der Waals surface area contributed by atoms with Crippen LogP contribution in [0.3, 0.4) is 0 Å². The highest BCUT2D eigenvalue weighted by Crippen LogP contribution is 2.31. The molecule has 4 rings (SSSR count). The number of rotatable bonds is 6. The van der Waals surface area contributed by atoms with Gasteiger partial charge in [0.05, 0.1) is 10.2 Å². The molecular weight excluding hydrogens is 336 g/mol. The molecule has 126 valence electrons. The lowest BCUT2D eigenvalue weighted by atomic mass is 10.3. The van der Waals surface area contributed by atoms with Crippen LogP contribution in [0.15, 0.2) is 59.3 Å². The second kappa shape index (κ2) is 6.90. The molecule has 25 heavy (non-hydrogen) atoms. The highest BCUT2D eigenvalue weighted by Gasteiger charge is 2.14. The second-order valence-corrected chi connectivity index (χ2v) is 6.56. The molecule has 3 heterocycles. The number of thiazole rings is 1. The van der Waals surface area contributed by atoms with Gasteiger partial charge in [-0.1, -0.05) is 12.1 Å². The molecule has 0 saturated heterocycles. The maximum Gasteiger partial charge on any atom is 0.287 e. The number of hydrogen-bond donors (Lipinski definition) is 1. The Morgan fingerprint density at radius 1 is 1.20 bits per heavy atom. The number of para-hydroxylation sites is 1. The SMILES string of the molecule is O=C(NCCCn1cccn1)c1ccc(-c2nc3ccccc3s2)o1. The van der Waals surface area contributed by atoms with Crippen molar-refractivity contribution < 1.29 is 9.21 Å². The first-order chi connectivity index (χ1) is 12.3. The van der Waals surface area contributed by atoms with Crippen molar-refractivity contribution in [3.8, 4) is 10.8 Å². The Labute approximate surface area is 148 Å². The summed E-state index contributed by atoms with van der Waals surface area (Å²) < 4.78 is 8.62. The van der Waals surface area contributed by atoms with Crippen molar-refractivity contribution in [2.24, 2.45) is 0 Å². The lowest BCUT2D eigenvalue weighted by molar-refractivity contribution is 0.0926. The van der Waals surface area contributed by atoms with Gasteiger partial charge in [-0.25, -0.2) is 4.98 Å². The summed E-state index contributed by atoms with van der Waals surface area (Å²) in [5, 5.41) is 7.76. The molecule has 0 aliphatic heterocycles. The van der Waals surface area contributed by atoms with Crippen LogP contribution in [0.25, 0.3) is 21.0 Å². The van der Waals surface area contributed by atoms with Gasteiger partial charge in [0.1, 0.15) is 0 Å². The van der Waals surface area contributed by atoms with Gasteiger partial charge in [-0.15, -0.1) is 11.3 Å². The largest absolute Gasteiger partial charge is 0.448 e. The lowest BCUT2D eigenvalue weighted by Crippen LogP contribution is -2.24. The maximum atomic E-state index is 12.2. The molecule has 3 aromatic heterocycles. The molecule has 0 bridgehead atoms. The first-order valence-electron chi connectivity index (χ1n) is 8.01. The highest BCUT2D eigenvalue weighted by molar-refractivity contribution is 7.21. The molecule has 0 unspecified atom stereocenters. The molecule has 0 fully saturated rings. The molecular formula is C18H16N4O2S. The summed E-state index contributed by atoms with van der Waals surface area (Å²) in [4.78, 5) is 16.7. The molecule has 0 aliphatic carbocycles. The Bertz CT molecular complexity index is 955. The third-order valence-corrected chi connectivity index (χ3v) is 4.79. The predicted octanol–water partition coefficient (Wildman–Crippen LogP) is 3.57. The smallest absolute Gasteiger partial charge is 0.287 e. The molecule has 0 saturated carbocycles. The minimum absolute atomic E-state index is 0.215. The molecule has 0 aliphatic rings. The summed E-state index contributed by atoms with van der Waals surface area (Å²) in [6.07, 6.45) is 4.45. The van der Waals surface area contributed by atoms with Crippen molar-refractivity contribution in [1.29, 1.82) is 0 Å². The molecule has 1 amide bonds. The molecule has 0 atom stereocenters. The summed E-state index contributed by atoms with van der Waals surface area (Å²) in [6.45, 7) is 1.33. The van der Waals surface area contributed by atoms with E-state index in [0.29, 0.717) is 18.1 Å². The molecule has 0 spiro atoms. The number of hydrogen-bond acceptors (Lipinski definition) is 5. The van der Waals surface area contributed by atoms with Gasteiger partial charge in [0.15, 0.2) is 16.5 Å². The number of nitrogens with zero attached hydrogens (tertiary/aromatic N) is 3. The van der Waals surface area contributed by atoms with Crippen LogP contribution in [0, 0.1) is 0 Å². The standard InChI is InChI=1S/C18H16N4O2S/c23-17(19-9-3-11-22-12-4-10-20-22)14-7-8-15(24-14)18-21-13-5-1-2-6-16(13)25-18/h1-2,4-8,10,12H,3,9,11H2,(H,19,23). The minimum Gasteiger partial charge on any atom is -0.448 e. The maximum absolute atomic E-state index is 12.2. The van der Waals surface area contributed by atoms with Crippen molar-refractivity contribution in [3.05, 3.63) is 60.6 Å². The Hall–Kier alpha value is -2.93. The summed E-state index contributed by atoms with van der Waals surface area (Å²) in [6, 6.07) is 13.3. The van der Waals surface area contributed by atoms with Gasteiger partial charge in [0, 0.05) is 25.5 Å². The van der Waals surface area contributed by atoms with Crippen LogP contribution in [0.1, 0.15) is 17.0 Å². The van der Waals surface area contributed by atoms with Crippen molar-refractivity contribution in [2.45, 2.75) is 13.0 Å². The fourth-order valence-electron chi connectivity index (χ4n) is 2.52. The fraction of sp³-hybridized carbons (Fsp3) is 0.167. The Kier molecular flexibility index (Phi) is 4.30. The first kappa shape index (κ1) is 15.6. The third-order valence-electron chi connectivity index (χ3n) is 3.74. The number of nitrogens with one attached hydrogen (secondary N) is 1. The van der Waals surface area contributed by atoms with Gasteiger partial charge in [-0.3, -0.25) is 9.48 Å². The van der Waals surface area contributed by atoms with Crippen molar-refractivity contribution in [1.82, 2.24) is 20.1 Å². The van der Waals surface area contributed by atoms with Gasteiger partial charge in [-0.05, 0) is 36.8 Å². The third kappa shape index (κ3) is 3.46. The topological polar surface area (TPSA) is 73.0 Å². The van der Waals surface area contributed by atoms with Crippen LogP contribution in [-0.4, -0.2) is 27.2 Å². The quantitative estimate of drug-likeness (QED) is 0.538. The summed E-state index contributed by atoms with van der Waals surface area (Å²) >= 11 is 1.55. The van der Waals surface area contributed by atoms with E-state index in [-0.39, 0.29) is 5.91 Å². The van der Waals surface area contributed by atoms with E-state index >= 15 is 0 Å². The average Bonchev–Trinajstić information content (AvgIpc) is 3.38. The van der Waals surface area contributed by atoms with Gasteiger partial charge in [-0.2, -0.15) is 5.10 Å². The van der Waals surface area contributed by atoms with Crippen LogP contribution >= 0.6 is 11.3 Å². The number of carbonyl (C=O) groups excluding carboxylic acids is 1. The van der Waals surface area contributed by atoms with Crippen molar-refractivity contribution in [2.75, 3.05) is 6.54 Å². The summed E-state index contributed by atoms with van der Waals surface area (Å²) in [5.41, 5.74) is 0.934. The zero-order valence-electron chi connectivity index (χ0n) is 13.4. The summed E-state index contributed by atoms with van der Waals surface area (Å²) in [7, 11) is 0. The van der Waals surface area contributed by atoms with Gasteiger partial charge < -0.3 is 9.73 Å². The van der Waals surface area contributed by atoms with Crippen LogP contribution < -0.4 is 5.32 Å². The van der Waals surface area contributed by atoms with Crippen LogP contribution in [0.5, 0.6) is 0 Å². The Balaban J connectivity index is 1.37. The molecule has 1 N–H and O–H groups in total. The number of aryl methyl sites for hydroxylation is 1. The van der Waals surface area contributed by atoms with Crippen LogP contribution in [-0.2, 0) is 6.54 Å². The number of benzene rings is 1. The Morgan fingerprint density at radius 2 is 2.12 bits per heavy atom. The second-order valence-electron chi connectivity index (χ2n) is 5.53. The molecule has 4 aromatic rings. The van der Waals surface area contributed by atoms with Crippen molar-refractivity contribution in [3.63, 3.8) is 0 Å². The van der Waals surface area contributed by atoms with E-state index in [1.165, 1.54) is 0 Å². The zero-order valence-corrected chi connectivity index (χ0v) is 14.2. The molecule has 7 heteroatoms. The average molecular weight is 352 g/mol. The summed E-state index contributed by atoms with van der Waals surface area (Å²) in [5.74, 6) is 0.698. The number of amides is 1.